The maximum Gasteiger partial charge on any atom is 0.244 e. The van der Waals surface area contributed by atoms with Gasteiger partial charge in [-0.25, -0.2) is 4.68 Å². The van der Waals surface area contributed by atoms with Crippen molar-refractivity contribution in [2.45, 2.75) is 32.4 Å². The van der Waals surface area contributed by atoms with E-state index >= 15 is 0 Å². The molecule has 0 spiro atoms. The number of nitrogens with zero attached hydrogens (tertiary/aromatic N) is 3. The third-order valence-corrected chi connectivity index (χ3v) is 3.02. The molecule has 2 N–H and O–H groups in total. The molecule has 17 heavy (non-hydrogen) atoms. The van der Waals surface area contributed by atoms with Crippen LogP contribution < -0.4 is 10.6 Å². The summed E-state index contributed by atoms with van der Waals surface area (Å²) < 4.78 is 1.59. The fourth-order valence-corrected chi connectivity index (χ4v) is 1.64. The molecule has 1 aliphatic carbocycles. The molecule has 1 aliphatic rings. The zero-order chi connectivity index (χ0) is 12.3. The van der Waals surface area contributed by atoms with E-state index in [0.717, 1.165) is 24.7 Å². The molecule has 94 valence electrons. The minimum absolute atomic E-state index is 0.0626. The van der Waals surface area contributed by atoms with Crippen molar-refractivity contribution in [3.8, 4) is 0 Å². The first-order valence-electron chi connectivity index (χ1n) is 6.03. The van der Waals surface area contributed by atoms with E-state index < -0.39 is 0 Å². The van der Waals surface area contributed by atoms with Gasteiger partial charge in [-0.1, -0.05) is 5.21 Å². The molecule has 1 aromatic rings. The summed E-state index contributed by atoms with van der Waals surface area (Å²) >= 11 is 0. The average molecular weight is 237 g/mol. The Labute approximate surface area is 101 Å². The molecule has 1 atom stereocenters. The minimum atomic E-state index is -0.315. The maximum atomic E-state index is 11.4. The lowest BCUT2D eigenvalue weighted by atomic mass is 10.3. The molecular formula is C11H19N5O. The first-order chi connectivity index (χ1) is 8.20. The van der Waals surface area contributed by atoms with Crippen molar-refractivity contribution in [3.63, 3.8) is 0 Å². The summed E-state index contributed by atoms with van der Waals surface area (Å²) in [7, 11) is 1.62. The molecule has 1 fully saturated rings. The molecule has 0 saturated heterocycles. The monoisotopic (exact) mass is 237 g/mol. The second kappa shape index (κ2) is 5.27. The highest BCUT2D eigenvalue weighted by atomic mass is 16.2. The number of carbonyl (C=O) groups is 1. The number of hydrogen-bond donors (Lipinski definition) is 2. The Balaban J connectivity index is 1.83. The van der Waals surface area contributed by atoms with Gasteiger partial charge in [-0.05, 0) is 32.2 Å². The summed E-state index contributed by atoms with van der Waals surface area (Å²) in [6.45, 7) is 3.57. The van der Waals surface area contributed by atoms with Crippen LogP contribution in [0.15, 0.2) is 6.20 Å². The van der Waals surface area contributed by atoms with Crippen LogP contribution in [-0.2, 0) is 11.3 Å². The summed E-state index contributed by atoms with van der Waals surface area (Å²) in [5.74, 6) is 0.794. The minimum Gasteiger partial charge on any atom is -0.357 e. The number of amides is 1. The van der Waals surface area contributed by atoms with E-state index in [0.29, 0.717) is 0 Å². The van der Waals surface area contributed by atoms with Gasteiger partial charge in [-0.15, -0.1) is 5.10 Å². The number of nitrogens with one attached hydrogen (secondary N) is 2. The fraction of sp³-hybridized carbons (Fsp3) is 0.727. The highest BCUT2D eigenvalue weighted by Gasteiger charge is 2.20. The van der Waals surface area contributed by atoms with Gasteiger partial charge >= 0.3 is 0 Å². The third-order valence-electron chi connectivity index (χ3n) is 3.02. The predicted octanol–water partition coefficient (Wildman–Crippen LogP) is 0.0847. The topological polar surface area (TPSA) is 71.8 Å². The largest absolute Gasteiger partial charge is 0.357 e. The first-order valence-corrected chi connectivity index (χ1v) is 6.03. The van der Waals surface area contributed by atoms with Crippen molar-refractivity contribution in [2.75, 3.05) is 13.6 Å². The van der Waals surface area contributed by atoms with Gasteiger partial charge in [-0.3, -0.25) is 4.79 Å². The SMILES string of the molecule is CNC(=O)C(C)n1cc(CNCC2CC2)nn1. The Hall–Kier alpha value is -1.43. The molecule has 1 unspecified atom stereocenters. The Kier molecular flexibility index (Phi) is 3.73. The van der Waals surface area contributed by atoms with E-state index in [1.165, 1.54) is 12.8 Å². The van der Waals surface area contributed by atoms with Gasteiger partial charge in [0, 0.05) is 13.6 Å². The highest BCUT2D eigenvalue weighted by Crippen LogP contribution is 2.27. The van der Waals surface area contributed by atoms with E-state index in [4.69, 9.17) is 0 Å². The molecule has 6 heteroatoms. The molecule has 1 aromatic heterocycles. The summed E-state index contributed by atoms with van der Waals surface area (Å²) in [4.78, 5) is 11.4. The number of carbonyl (C=O) groups excluding carboxylic acids is 1. The summed E-state index contributed by atoms with van der Waals surface area (Å²) in [5.41, 5.74) is 0.876. The van der Waals surface area contributed by atoms with Crippen molar-refractivity contribution >= 4 is 5.91 Å². The summed E-state index contributed by atoms with van der Waals surface area (Å²) in [6, 6.07) is -0.315. The molecule has 0 aliphatic heterocycles. The molecule has 0 aromatic carbocycles. The first kappa shape index (κ1) is 12.0. The van der Waals surface area contributed by atoms with Crippen molar-refractivity contribution < 1.29 is 4.79 Å². The van der Waals surface area contributed by atoms with Crippen LogP contribution in [0.4, 0.5) is 0 Å². The molecule has 6 nitrogen and oxygen atoms in total. The third kappa shape index (κ3) is 3.26. The quantitative estimate of drug-likeness (QED) is 0.735. The van der Waals surface area contributed by atoms with Crippen LogP contribution in [0.25, 0.3) is 0 Å². The molecule has 1 saturated carbocycles. The number of hydrogen-bond acceptors (Lipinski definition) is 4. The van der Waals surface area contributed by atoms with Gasteiger partial charge < -0.3 is 10.6 Å². The molecule has 1 heterocycles. The van der Waals surface area contributed by atoms with Crippen LogP contribution in [-0.4, -0.2) is 34.5 Å². The molecule has 0 bridgehead atoms. The van der Waals surface area contributed by atoms with E-state index in [9.17, 15) is 4.79 Å². The second-order valence-corrected chi connectivity index (χ2v) is 4.55. The van der Waals surface area contributed by atoms with E-state index in [1.54, 1.807) is 18.7 Å². The van der Waals surface area contributed by atoms with Crippen LogP contribution in [0.2, 0.25) is 0 Å². The van der Waals surface area contributed by atoms with Gasteiger partial charge in [0.1, 0.15) is 6.04 Å². The zero-order valence-corrected chi connectivity index (χ0v) is 10.3. The van der Waals surface area contributed by atoms with Crippen molar-refractivity contribution in [2.24, 2.45) is 5.92 Å². The molecular weight excluding hydrogens is 218 g/mol. The Morgan fingerprint density at radius 2 is 2.41 bits per heavy atom. The molecule has 0 radical (unpaired) electrons. The lowest BCUT2D eigenvalue weighted by Gasteiger charge is -2.08. The van der Waals surface area contributed by atoms with Crippen LogP contribution in [0.1, 0.15) is 31.5 Å². The fourth-order valence-electron chi connectivity index (χ4n) is 1.64. The number of aromatic nitrogens is 3. The van der Waals surface area contributed by atoms with E-state index in [2.05, 4.69) is 20.9 Å². The van der Waals surface area contributed by atoms with Crippen molar-refractivity contribution in [3.05, 3.63) is 11.9 Å². The number of likely N-dealkylation sites (N-methyl/N-ethyl adjacent to an activating group) is 1. The van der Waals surface area contributed by atoms with E-state index in [-0.39, 0.29) is 11.9 Å². The summed E-state index contributed by atoms with van der Waals surface area (Å²) in [6.07, 6.45) is 4.50. The Morgan fingerprint density at radius 3 is 3.06 bits per heavy atom. The van der Waals surface area contributed by atoms with Gasteiger partial charge in [0.15, 0.2) is 0 Å². The van der Waals surface area contributed by atoms with Crippen molar-refractivity contribution in [1.29, 1.82) is 0 Å². The standard InChI is InChI=1S/C11H19N5O/c1-8(11(17)12-2)16-7-10(14-15-16)6-13-5-9-3-4-9/h7-9,13H,3-6H2,1-2H3,(H,12,17). The Bertz CT molecular complexity index is 385. The van der Waals surface area contributed by atoms with Gasteiger partial charge in [0.25, 0.3) is 0 Å². The van der Waals surface area contributed by atoms with Gasteiger partial charge in [-0.2, -0.15) is 0 Å². The maximum absolute atomic E-state index is 11.4. The normalized spacial score (nSPS) is 16.8. The van der Waals surface area contributed by atoms with Crippen LogP contribution >= 0.6 is 0 Å². The van der Waals surface area contributed by atoms with Gasteiger partial charge in [0.05, 0.1) is 11.9 Å². The highest BCUT2D eigenvalue weighted by molar-refractivity contribution is 5.79. The number of rotatable bonds is 6. The van der Waals surface area contributed by atoms with Crippen LogP contribution in [0, 0.1) is 5.92 Å². The molecule has 1 amide bonds. The zero-order valence-electron chi connectivity index (χ0n) is 10.3. The lowest BCUT2D eigenvalue weighted by Crippen LogP contribution is -2.28. The van der Waals surface area contributed by atoms with E-state index in [1.807, 2.05) is 6.20 Å². The average Bonchev–Trinajstić information content (AvgIpc) is 3.04. The van der Waals surface area contributed by atoms with Crippen LogP contribution in [0.3, 0.4) is 0 Å². The predicted molar refractivity (Wildman–Crippen MR) is 63.2 cm³/mol. The lowest BCUT2D eigenvalue weighted by molar-refractivity contribution is -0.123. The van der Waals surface area contributed by atoms with Gasteiger partial charge in [0.2, 0.25) is 5.91 Å². The van der Waals surface area contributed by atoms with Crippen molar-refractivity contribution in [1.82, 2.24) is 25.6 Å². The summed E-state index contributed by atoms with van der Waals surface area (Å²) in [5, 5.41) is 13.9. The van der Waals surface area contributed by atoms with Crippen LogP contribution in [0.5, 0.6) is 0 Å². The second-order valence-electron chi connectivity index (χ2n) is 4.55. The smallest absolute Gasteiger partial charge is 0.244 e. The molecule has 2 rings (SSSR count). The Morgan fingerprint density at radius 1 is 1.65 bits per heavy atom.